The van der Waals surface area contributed by atoms with E-state index in [0.29, 0.717) is 0 Å². The van der Waals surface area contributed by atoms with E-state index in [0.717, 1.165) is 53.8 Å². The summed E-state index contributed by atoms with van der Waals surface area (Å²) in [6.45, 7) is 10.1. The fourth-order valence-corrected chi connectivity index (χ4v) is 4.24. The van der Waals surface area contributed by atoms with Gasteiger partial charge in [0.05, 0.1) is 17.4 Å². The normalized spacial score (nSPS) is 14.9. The highest BCUT2D eigenvalue weighted by atomic mass is 16.5. The summed E-state index contributed by atoms with van der Waals surface area (Å²) in [7, 11) is 0. The molecule has 0 bridgehead atoms. The van der Waals surface area contributed by atoms with Crippen LogP contribution in [0, 0.1) is 13.8 Å². The lowest BCUT2D eigenvalue weighted by atomic mass is 9.91. The summed E-state index contributed by atoms with van der Waals surface area (Å²) in [4.78, 5) is 4.40. The molecule has 1 aliphatic rings. The molecule has 1 N–H and O–H groups in total. The van der Waals surface area contributed by atoms with Gasteiger partial charge in [0, 0.05) is 6.21 Å². The number of aryl methyl sites for hydroxylation is 2. The van der Waals surface area contributed by atoms with Crippen LogP contribution in [0.2, 0.25) is 0 Å². The predicted molar refractivity (Wildman–Crippen MR) is 150 cm³/mol. The SMILES string of the molecule is CC=Nc1cc(/C=C\c2ccc(C3(O)CCCC3)cc2)ccc1C.Cc1ccc(OC(C)C)cc1. The fourth-order valence-electron chi connectivity index (χ4n) is 4.24. The molecule has 1 saturated carbocycles. The van der Waals surface area contributed by atoms with Crippen LogP contribution in [0.5, 0.6) is 5.75 Å². The minimum absolute atomic E-state index is 0.262. The van der Waals surface area contributed by atoms with Gasteiger partial charge >= 0.3 is 0 Å². The molecule has 0 aromatic heterocycles. The Kier molecular flexibility index (Phi) is 9.45. The maximum atomic E-state index is 10.6. The molecule has 0 unspecified atom stereocenters. The van der Waals surface area contributed by atoms with E-state index in [1.807, 2.05) is 39.1 Å². The first kappa shape index (κ1) is 26.4. The largest absolute Gasteiger partial charge is 0.491 e. The third-order valence-electron chi connectivity index (χ3n) is 6.24. The van der Waals surface area contributed by atoms with Crippen molar-refractivity contribution in [2.24, 2.45) is 4.99 Å². The molecular formula is C32H39NO2. The summed E-state index contributed by atoms with van der Waals surface area (Å²) in [6, 6.07) is 22.7. The molecule has 0 heterocycles. The smallest absolute Gasteiger partial charge is 0.119 e. The fraction of sp³-hybridized carbons (Fsp3) is 0.344. The summed E-state index contributed by atoms with van der Waals surface area (Å²) in [5.41, 5.74) is 6.18. The van der Waals surface area contributed by atoms with Crippen molar-refractivity contribution in [3.63, 3.8) is 0 Å². The molecule has 35 heavy (non-hydrogen) atoms. The number of ether oxygens (including phenoxy) is 1. The van der Waals surface area contributed by atoms with Crippen molar-refractivity contribution in [1.29, 1.82) is 0 Å². The third kappa shape index (κ3) is 7.93. The summed E-state index contributed by atoms with van der Waals surface area (Å²) in [5, 5.41) is 10.6. The van der Waals surface area contributed by atoms with Gasteiger partial charge in [-0.3, -0.25) is 4.99 Å². The van der Waals surface area contributed by atoms with Crippen molar-refractivity contribution in [3.05, 3.63) is 94.5 Å². The number of hydrogen-bond donors (Lipinski definition) is 1. The van der Waals surface area contributed by atoms with Gasteiger partial charge in [-0.1, -0.05) is 79.1 Å². The first-order valence-electron chi connectivity index (χ1n) is 12.6. The van der Waals surface area contributed by atoms with Crippen LogP contribution in [-0.4, -0.2) is 17.4 Å². The number of hydrogen-bond acceptors (Lipinski definition) is 3. The van der Waals surface area contributed by atoms with Crippen LogP contribution < -0.4 is 4.74 Å². The zero-order valence-electron chi connectivity index (χ0n) is 21.8. The van der Waals surface area contributed by atoms with Crippen molar-refractivity contribution in [2.75, 3.05) is 0 Å². The van der Waals surface area contributed by atoms with Gasteiger partial charge in [-0.25, -0.2) is 0 Å². The summed E-state index contributed by atoms with van der Waals surface area (Å²) >= 11 is 0. The van der Waals surface area contributed by atoms with E-state index in [2.05, 4.69) is 85.6 Å². The first-order chi connectivity index (χ1) is 16.8. The van der Waals surface area contributed by atoms with Crippen molar-refractivity contribution < 1.29 is 9.84 Å². The minimum Gasteiger partial charge on any atom is -0.491 e. The predicted octanol–water partition coefficient (Wildman–Crippen LogP) is 8.43. The van der Waals surface area contributed by atoms with Crippen molar-refractivity contribution in [3.8, 4) is 5.75 Å². The maximum absolute atomic E-state index is 10.6. The first-order valence-corrected chi connectivity index (χ1v) is 12.6. The molecule has 184 valence electrons. The molecule has 0 atom stereocenters. The molecule has 0 radical (unpaired) electrons. The second-order valence-electron chi connectivity index (χ2n) is 9.61. The van der Waals surface area contributed by atoms with Crippen LogP contribution in [0.1, 0.15) is 74.3 Å². The number of rotatable bonds is 6. The van der Waals surface area contributed by atoms with Gasteiger partial charge in [0.2, 0.25) is 0 Å². The second-order valence-corrected chi connectivity index (χ2v) is 9.61. The quantitative estimate of drug-likeness (QED) is 0.291. The van der Waals surface area contributed by atoms with E-state index >= 15 is 0 Å². The average molecular weight is 470 g/mol. The Labute approximate surface area is 211 Å². The second kappa shape index (κ2) is 12.5. The van der Waals surface area contributed by atoms with E-state index < -0.39 is 5.60 Å². The molecule has 3 nitrogen and oxygen atoms in total. The molecule has 4 rings (SSSR count). The van der Waals surface area contributed by atoms with E-state index in [4.69, 9.17) is 4.74 Å². The van der Waals surface area contributed by atoms with Crippen molar-refractivity contribution >= 4 is 24.1 Å². The van der Waals surface area contributed by atoms with Gasteiger partial charge in [-0.2, -0.15) is 0 Å². The van der Waals surface area contributed by atoms with E-state index in [9.17, 15) is 5.11 Å². The highest BCUT2D eigenvalue weighted by molar-refractivity contribution is 5.73. The van der Waals surface area contributed by atoms with E-state index in [1.165, 1.54) is 11.1 Å². The monoisotopic (exact) mass is 469 g/mol. The Bertz CT molecular complexity index is 1120. The van der Waals surface area contributed by atoms with E-state index in [1.54, 1.807) is 0 Å². The Morgan fingerprint density at radius 3 is 2.06 bits per heavy atom. The Balaban J connectivity index is 0.000000261. The van der Waals surface area contributed by atoms with Gasteiger partial charge in [0.15, 0.2) is 0 Å². The molecule has 1 fully saturated rings. The Morgan fingerprint density at radius 1 is 0.857 bits per heavy atom. The lowest BCUT2D eigenvalue weighted by Crippen LogP contribution is -2.20. The Hall–Kier alpha value is -3.17. The number of aliphatic hydroxyl groups is 1. The van der Waals surface area contributed by atoms with Crippen LogP contribution in [0.3, 0.4) is 0 Å². The molecule has 3 aromatic rings. The lowest BCUT2D eigenvalue weighted by molar-refractivity contribution is 0.0445. The van der Waals surface area contributed by atoms with Gasteiger partial charge in [-0.05, 0) is 87.9 Å². The highest BCUT2D eigenvalue weighted by Crippen LogP contribution is 2.38. The standard InChI is InChI=1S/C22H25NO.C10H14O/c1-3-23-21-16-19(7-6-17(21)2)9-8-18-10-12-20(13-11-18)22(24)14-4-5-15-22;1-8(2)11-10-6-4-9(3)5-7-10/h3,6-13,16,24H,4-5,14-15H2,1-2H3;4-8H,1-3H3/b9-8-,23-3?;. The van der Waals surface area contributed by atoms with Crippen LogP contribution in [-0.2, 0) is 5.60 Å². The van der Waals surface area contributed by atoms with Crippen LogP contribution in [0.15, 0.2) is 71.7 Å². The minimum atomic E-state index is -0.605. The number of benzene rings is 3. The summed E-state index contributed by atoms with van der Waals surface area (Å²) in [5.74, 6) is 0.950. The number of nitrogens with zero attached hydrogens (tertiary/aromatic N) is 1. The van der Waals surface area contributed by atoms with Gasteiger partial charge in [0.1, 0.15) is 5.75 Å². The van der Waals surface area contributed by atoms with Crippen LogP contribution in [0.25, 0.3) is 12.2 Å². The average Bonchev–Trinajstić information content (AvgIpc) is 3.29. The van der Waals surface area contributed by atoms with E-state index in [-0.39, 0.29) is 6.10 Å². The Morgan fingerprint density at radius 2 is 1.46 bits per heavy atom. The molecule has 0 amide bonds. The molecule has 1 aliphatic carbocycles. The molecule has 0 aliphatic heterocycles. The summed E-state index contributed by atoms with van der Waals surface area (Å²) < 4.78 is 5.47. The lowest BCUT2D eigenvalue weighted by Gasteiger charge is -2.22. The third-order valence-corrected chi connectivity index (χ3v) is 6.24. The topological polar surface area (TPSA) is 41.8 Å². The van der Waals surface area contributed by atoms with Gasteiger partial charge < -0.3 is 9.84 Å². The van der Waals surface area contributed by atoms with Gasteiger partial charge in [0.25, 0.3) is 0 Å². The number of aliphatic imine (C=N–C) groups is 1. The van der Waals surface area contributed by atoms with Crippen LogP contribution >= 0.6 is 0 Å². The van der Waals surface area contributed by atoms with Crippen molar-refractivity contribution in [1.82, 2.24) is 0 Å². The van der Waals surface area contributed by atoms with Crippen LogP contribution in [0.4, 0.5) is 5.69 Å². The zero-order chi connectivity index (χ0) is 25.3. The maximum Gasteiger partial charge on any atom is 0.119 e. The highest BCUT2D eigenvalue weighted by Gasteiger charge is 2.32. The molecule has 0 saturated heterocycles. The molecular weight excluding hydrogens is 430 g/mol. The molecule has 3 aromatic carbocycles. The van der Waals surface area contributed by atoms with Crippen molar-refractivity contribution in [2.45, 2.75) is 72.0 Å². The summed E-state index contributed by atoms with van der Waals surface area (Å²) in [6.07, 6.45) is 10.3. The zero-order valence-corrected chi connectivity index (χ0v) is 21.8. The molecule has 3 heteroatoms. The molecule has 0 spiro atoms. The van der Waals surface area contributed by atoms with Gasteiger partial charge in [-0.15, -0.1) is 0 Å².